The van der Waals surface area contributed by atoms with E-state index >= 15 is 0 Å². The van der Waals surface area contributed by atoms with Gasteiger partial charge in [0.1, 0.15) is 5.69 Å². The molecule has 1 aromatic carbocycles. The van der Waals surface area contributed by atoms with E-state index in [0.29, 0.717) is 5.82 Å². The largest absolute Gasteiger partial charge is 0.320 e. The number of carbonyl (C=O) groups excluding carboxylic acids is 1. The minimum atomic E-state index is -0.330. The third-order valence-corrected chi connectivity index (χ3v) is 3.08. The highest BCUT2D eigenvalue weighted by Crippen LogP contribution is 2.17. The lowest BCUT2D eigenvalue weighted by atomic mass is 10.3. The van der Waals surface area contributed by atoms with Gasteiger partial charge >= 0.3 is 0 Å². The Morgan fingerprint density at radius 1 is 1.28 bits per heavy atom. The van der Waals surface area contributed by atoms with E-state index in [9.17, 15) is 4.79 Å². The molecular formula is C11H10IN5O. The molecule has 18 heavy (non-hydrogen) atoms. The number of aromatic nitrogens is 2. The van der Waals surface area contributed by atoms with Crippen LogP contribution in [0.3, 0.4) is 0 Å². The summed E-state index contributed by atoms with van der Waals surface area (Å²) in [5.41, 5.74) is 3.27. The fourth-order valence-electron chi connectivity index (χ4n) is 1.29. The number of rotatable bonds is 3. The monoisotopic (exact) mass is 355 g/mol. The summed E-state index contributed by atoms with van der Waals surface area (Å²) >= 11 is 2.14. The molecule has 0 atom stereocenters. The molecule has 0 radical (unpaired) electrons. The molecule has 0 bridgehead atoms. The second-order valence-corrected chi connectivity index (χ2v) is 4.53. The molecule has 0 spiro atoms. The predicted molar refractivity (Wildman–Crippen MR) is 77.0 cm³/mol. The Labute approximate surface area is 117 Å². The zero-order valence-electron chi connectivity index (χ0n) is 9.22. The molecule has 6 nitrogen and oxygen atoms in total. The van der Waals surface area contributed by atoms with Crippen LogP contribution in [-0.4, -0.2) is 15.9 Å². The van der Waals surface area contributed by atoms with Gasteiger partial charge in [-0.25, -0.2) is 10.8 Å². The molecule has 4 N–H and O–H groups in total. The number of nitrogen functional groups attached to an aromatic ring is 1. The molecule has 0 saturated carbocycles. The molecule has 2 rings (SSSR count). The van der Waals surface area contributed by atoms with Gasteiger partial charge in [0.15, 0.2) is 5.82 Å². The summed E-state index contributed by atoms with van der Waals surface area (Å²) in [6.07, 6.45) is 2.81. The molecule has 0 aliphatic rings. The number of nitrogens with one attached hydrogen (secondary N) is 2. The van der Waals surface area contributed by atoms with E-state index in [4.69, 9.17) is 5.84 Å². The van der Waals surface area contributed by atoms with E-state index in [1.54, 1.807) is 0 Å². The molecule has 0 aliphatic carbocycles. The van der Waals surface area contributed by atoms with E-state index in [0.717, 1.165) is 9.26 Å². The number of nitrogens with two attached hydrogens (primary N) is 1. The number of benzene rings is 1. The number of anilines is 2. The maximum Gasteiger partial charge on any atom is 0.275 e. The van der Waals surface area contributed by atoms with Gasteiger partial charge in [0.2, 0.25) is 0 Å². The Morgan fingerprint density at radius 2 is 2.06 bits per heavy atom. The average Bonchev–Trinajstić information content (AvgIpc) is 2.41. The van der Waals surface area contributed by atoms with Crippen LogP contribution in [0.15, 0.2) is 36.7 Å². The highest BCUT2D eigenvalue weighted by molar-refractivity contribution is 14.1. The Kier molecular flexibility index (Phi) is 4.05. The molecule has 1 aromatic heterocycles. The van der Waals surface area contributed by atoms with E-state index in [-0.39, 0.29) is 11.6 Å². The molecule has 1 amide bonds. The van der Waals surface area contributed by atoms with Crippen molar-refractivity contribution in [3.05, 3.63) is 45.9 Å². The Morgan fingerprint density at radius 3 is 2.78 bits per heavy atom. The molecule has 2 aromatic rings. The van der Waals surface area contributed by atoms with Crippen molar-refractivity contribution < 1.29 is 4.79 Å². The minimum Gasteiger partial charge on any atom is -0.320 e. The maximum atomic E-state index is 11.9. The van der Waals surface area contributed by atoms with Gasteiger partial charge in [0.25, 0.3) is 5.91 Å². The molecule has 7 heteroatoms. The van der Waals surface area contributed by atoms with Crippen LogP contribution in [0.1, 0.15) is 10.5 Å². The van der Waals surface area contributed by atoms with Crippen molar-refractivity contribution in [3.8, 4) is 0 Å². The second kappa shape index (κ2) is 5.74. The highest BCUT2D eigenvalue weighted by Gasteiger charge is 2.10. The SMILES string of the molecule is NNc1cncc(C(=O)Nc2ccccc2I)n1. The minimum absolute atomic E-state index is 0.199. The predicted octanol–water partition coefficient (Wildman–Crippen LogP) is 1.62. The van der Waals surface area contributed by atoms with Gasteiger partial charge in [-0.3, -0.25) is 9.78 Å². The maximum absolute atomic E-state index is 11.9. The Hall–Kier alpha value is -1.74. The fraction of sp³-hybridized carbons (Fsp3) is 0. The van der Waals surface area contributed by atoms with Crippen molar-refractivity contribution in [2.45, 2.75) is 0 Å². The number of amides is 1. The van der Waals surface area contributed by atoms with Gasteiger partial charge < -0.3 is 10.7 Å². The highest BCUT2D eigenvalue weighted by atomic mass is 127. The number of hydrazine groups is 1. The quantitative estimate of drug-likeness (QED) is 0.442. The topological polar surface area (TPSA) is 92.9 Å². The fourth-order valence-corrected chi connectivity index (χ4v) is 1.82. The summed E-state index contributed by atoms with van der Waals surface area (Å²) in [6, 6.07) is 7.47. The summed E-state index contributed by atoms with van der Waals surface area (Å²) in [5.74, 6) is 5.22. The van der Waals surface area contributed by atoms with Crippen LogP contribution in [-0.2, 0) is 0 Å². The number of carbonyl (C=O) groups is 1. The standard InChI is InChI=1S/C11H10IN5O/c12-7-3-1-2-4-8(7)16-11(18)9-5-14-6-10(15-9)17-13/h1-6H,13H2,(H,15,17)(H,16,18). The molecule has 0 aliphatic heterocycles. The summed E-state index contributed by atoms with van der Waals surface area (Å²) in [7, 11) is 0. The summed E-state index contributed by atoms with van der Waals surface area (Å²) < 4.78 is 0.949. The van der Waals surface area contributed by atoms with Crippen molar-refractivity contribution in [2.24, 2.45) is 5.84 Å². The third-order valence-electron chi connectivity index (χ3n) is 2.14. The van der Waals surface area contributed by atoms with Crippen molar-refractivity contribution in [2.75, 3.05) is 10.7 Å². The average molecular weight is 355 g/mol. The van der Waals surface area contributed by atoms with Crippen molar-refractivity contribution in [3.63, 3.8) is 0 Å². The van der Waals surface area contributed by atoms with Crippen LogP contribution in [0.25, 0.3) is 0 Å². The Bertz CT molecular complexity index is 575. The molecular weight excluding hydrogens is 345 g/mol. The first-order chi connectivity index (χ1) is 8.70. The van der Waals surface area contributed by atoms with E-state index in [1.807, 2.05) is 24.3 Å². The smallest absolute Gasteiger partial charge is 0.275 e. The van der Waals surface area contributed by atoms with Gasteiger partial charge in [-0.1, -0.05) is 12.1 Å². The lowest BCUT2D eigenvalue weighted by molar-refractivity contribution is 0.102. The lowest BCUT2D eigenvalue weighted by Crippen LogP contribution is -2.17. The van der Waals surface area contributed by atoms with Crippen molar-refractivity contribution in [1.82, 2.24) is 9.97 Å². The molecule has 92 valence electrons. The number of hydrogen-bond donors (Lipinski definition) is 3. The lowest BCUT2D eigenvalue weighted by Gasteiger charge is -2.07. The van der Waals surface area contributed by atoms with E-state index in [2.05, 4.69) is 43.3 Å². The van der Waals surface area contributed by atoms with Gasteiger partial charge in [0.05, 0.1) is 18.1 Å². The van der Waals surface area contributed by atoms with Crippen molar-refractivity contribution >= 4 is 40.0 Å². The summed E-state index contributed by atoms with van der Waals surface area (Å²) in [5, 5.41) is 2.76. The molecule has 1 heterocycles. The zero-order chi connectivity index (χ0) is 13.0. The zero-order valence-corrected chi connectivity index (χ0v) is 11.4. The third kappa shape index (κ3) is 2.93. The van der Waals surface area contributed by atoms with Gasteiger partial charge in [-0.15, -0.1) is 0 Å². The molecule has 0 fully saturated rings. The van der Waals surface area contributed by atoms with Crippen LogP contribution >= 0.6 is 22.6 Å². The van der Waals surface area contributed by atoms with E-state index in [1.165, 1.54) is 12.4 Å². The van der Waals surface area contributed by atoms with Crippen molar-refractivity contribution in [1.29, 1.82) is 0 Å². The van der Waals surface area contributed by atoms with Crippen LogP contribution in [0.4, 0.5) is 11.5 Å². The second-order valence-electron chi connectivity index (χ2n) is 3.37. The number of para-hydroxylation sites is 1. The normalized spacial score (nSPS) is 9.89. The van der Waals surface area contributed by atoms with Gasteiger partial charge in [0, 0.05) is 3.57 Å². The van der Waals surface area contributed by atoms with Gasteiger partial charge in [-0.2, -0.15) is 0 Å². The van der Waals surface area contributed by atoms with Crippen LogP contribution in [0.5, 0.6) is 0 Å². The van der Waals surface area contributed by atoms with Crippen LogP contribution in [0.2, 0.25) is 0 Å². The molecule has 0 saturated heterocycles. The summed E-state index contributed by atoms with van der Waals surface area (Å²) in [4.78, 5) is 19.8. The first-order valence-corrected chi connectivity index (χ1v) is 6.13. The number of nitrogens with zero attached hydrogens (tertiary/aromatic N) is 2. The first-order valence-electron chi connectivity index (χ1n) is 5.05. The van der Waals surface area contributed by atoms with Gasteiger partial charge in [-0.05, 0) is 34.7 Å². The summed E-state index contributed by atoms with van der Waals surface area (Å²) in [6.45, 7) is 0. The van der Waals surface area contributed by atoms with E-state index < -0.39 is 0 Å². The molecule has 0 unspecified atom stereocenters. The first kappa shape index (κ1) is 12.7. The van der Waals surface area contributed by atoms with Crippen LogP contribution < -0.4 is 16.6 Å². The van der Waals surface area contributed by atoms with Crippen LogP contribution in [0, 0.1) is 3.57 Å². The Balaban J connectivity index is 2.19. The number of hydrogen-bond acceptors (Lipinski definition) is 5. The number of halogens is 1.